The second-order valence-electron chi connectivity index (χ2n) is 2.21. The lowest BCUT2D eigenvalue weighted by atomic mass is 10.4. The Balaban J connectivity index is 3.02. The van der Waals surface area contributed by atoms with Crippen LogP contribution in [0, 0.1) is 0 Å². The van der Waals surface area contributed by atoms with Crippen molar-refractivity contribution in [3.63, 3.8) is 0 Å². The highest BCUT2D eigenvalue weighted by atomic mass is 79.9. The fourth-order valence-electron chi connectivity index (χ4n) is 0.727. The first kappa shape index (κ1) is 9.51. The maximum Gasteiger partial charge on any atom is 0.343 e. The van der Waals surface area contributed by atoms with Gasteiger partial charge in [-0.15, -0.1) is 0 Å². The van der Waals surface area contributed by atoms with Crippen molar-refractivity contribution in [2.24, 2.45) is 0 Å². The number of rotatable bonds is 2. The zero-order valence-corrected chi connectivity index (χ0v) is 7.98. The Morgan fingerprint density at radius 3 is 2.75 bits per heavy atom. The number of nitrogens with zero attached hydrogens (tertiary/aromatic N) is 2. The predicted molar refractivity (Wildman–Crippen MR) is 44.2 cm³/mol. The molecule has 0 atom stereocenters. The number of alkyl halides is 3. The number of hydrogen-bond acceptors (Lipinski definition) is 2. The molecule has 0 N–H and O–H groups in total. The number of halogens is 3. The van der Waals surface area contributed by atoms with Crippen molar-refractivity contribution in [1.29, 1.82) is 0 Å². The van der Waals surface area contributed by atoms with E-state index in [9.17, 15) is 8.78 Å². The van der Waals surface area contributed by atoms with E-state index in [0.29, 0.717) is 12.2 Å². The van der Waals surface area contributed by atoms with E-state index >= 15 is 0 Å². The molecule has 0 saturated heterocycles. The summed E-state index contributed by atoms with van der Waals surface area (Å²) in [5.74, 6) is 0.423. The van der Waals surface area contributed by atoms with Gasteiger partial charge in [-0.2, -0.15) is 8.78 Å². The molecule has 0 aromatic carbocycles. The van der Waals surface area contributed by atoms with Gasteiger partial charge in [0.15, 0.2) is 0 Å². The van der Waals surface area contributed by atoms with E-state index < -0.39 is 4.83 Å². The molecule has 2 nitrogen and oxygen atoms in total. The molecule has 1 aromatic heterocycles. The van der Waals surface area contributed by atoms with E-state index in [1.807, 2.05) is 6.92 Å². The van der Waals surface area contributed by atoms with E-state index in [1.165, 1.54) is 12.3 Å². The van der Waals surface area contributed by atoms with Crippen molar-refractivity contribution >= 4 is 15.9 Å². The summed E-state index contributed by atoms with van der Waals surface area (Å²) in [6, 6.07) is 1.19. The fraction of sp³-hybridized carbons (Fsp3) is 0.429. The summed E-state index contributed by atoms with van der Waals surface area (Å²) in [5, 5.41) is 0. The highest BCUT2D eigenvalue weighted by Crippen LogP contribution is 2.32. The summed E-state index contributed by atoms with van der Waals surface area (Å²) in [7, 11) is 0. The minimum absolute atomic E-state index is 0.297. The summed E-state index contributed by atoms with van der Waals surface area (Å²) < 4.78 is 25.2. The Labute approximate surface area is 77.2 Å². The number of aromatic nitrogens is 2. The molecule has 0 spiro atoms. The molecular formula is C7H7BrF2N2. The normalized spacial score (nSPS) is 11.7. The summed E-state index contributed by atoms with van der Waals surface area (Å²) >= 11 is 2.23. The Hall–Kier alpha value is -0.580. The van der Waals surface area contributed by atoms with Crippen LogP contribution < -0.4 is 0 Å². The van der Waals surface area contributed by atoms with Crippen molar-refractivity contribution in [3.05, 3.63) is 23.8 Å². The molecule has 66 valence electrons. The van der Waals surface area contributed by atoms with Crippen LogP contribution in [-0.4, -0.2) is 9.97 Å². The van der Waals surface area contributed by atoms with Crippen LogP contribution in [0.5, 0.6) is 0 Å². The average molecular weight is 237 g/mol. The van der Waals surface area contributed by atoms with Crippen molar-refractivity contribution in [1.82, 2.24) is 9.97 Å². The van der Waals surface area contributed by atoms with Gasteiger partial charge in [0.25, 0.3) is 0 Å². The van der Waals surface area contributed by atoms with Crippen LogP contribution in [0.1, 0.15) is 18.4 Å². The zero-order valence-electron chi connectivity index (χ0n) is 6.39. The van der Waals surface area contributed by atoms with Crippen LogP contribution in [0.3, 0.4) is 0 Å². The van der Waals surface area contributed by atoms with Crippen LogP contribution >= 0.6 is 15.9 Å². The summed E-state index contributed by atoms with van der Waals surface area (Å²) in [6.45, 7) is 1.81. The van der Waals surface area contributed by atoms with E-state index in [0.717, 1.165) is 0 Å². The maximum atomic E-state index is 12.6. The largest absolute Gasteiger partial charge is 0.343 e. The van der Waals surface area contributed by atoms with Gasteiger partial charge in [0, 0.05) is 12.6 Å². The van der Waals surface area contributed by atoms with Gasteiger partial charge in [-0.25, -0.2) is 9.97 Å². The zero-order chi connectivity index (χ0) is 9.19. The van der Waals surface area contributed by atoms with Gasteiger partial charge in [-0.05, 0) is 22.0 Å². The van der Waals surface area contributed by atoms with Crippen LogP contribution in [0.2, 0.25) is 0 Å². The Bertz CT molecular complexity index is 272. The molecule has 0 bridgehead atoms. The van der Waals surface area contributed by atoms with Crippen LogP contribution in [-0.2, 0) is 11.3 Å². The minimum Gasteiger partial charge on any atom is -0.241 e. The van der Waals surface area contributed by atoms with Crippen molar-refractivity contribution < 1.29 is 8.78 Å². The third kappa shape index (κ3) is 2.20. The van der Waals surface area contributed by atoms with Crippen LogP contribution in [0.4, 0.5) is 8.78 Å². The quantitative estimate of drug-likeness (QED) is 0.738. The first-order chi connectivity index (χ1) is 5.54. The molecular weight excluding hydrogens is 230 g/mol. The molecule has 1 rings (SSSR count). The number of hydrogen-bond donors (Lipinski definition) is 0. The predicted octanol–water partition coefficient (Wildman–Crippen LogP) is 2.48. The van der Waals surface area contributed by atoms with Gasteiger partial charge in [-0.1, -0.05) is 6.92 Å². The topological polar surface area (TPSA) is 25.8 Å². The molecule has 0 aliphatic heterocycles. The second-order valence-corrected chi connectivity index (χ2v) is 3.21. The molecule has 0 saturated carbocycles. The SMILES string of the molecule is CCc1nccc(C(F)(F)Br)n1. The summed E-state index contributed by atoms with van der Waals surface area (Å²) in [5.41, 5.74) is -0.297. The number of aryl methyl sites for hydroxylation is 1. The standard InChI is InChI=1S/C7H7BrF2N2/c1-2-6-11-4-3-5(12-6)7(8,9)10/h3-4H,2H2,1H3. The minimum atomic E-state index is -3.06. The van der Waals surface area contributed by atoms with E-state index in [1.54, 1.807) is 0 Å². The average Bonchev–Trinajstić information content (AvgIpc) is 2.03. The van der Waals surface area contributed by atoms with Crippen molar-refractivity contribution in [2.45, 2.75) is 18.2 Å². The lowest BCUT2D eigenvalue weighted by molar-refractivity contribution is 0.109. The summed E-state index contributed by atoms with van der Waals surface area (Å²) in [6.07, 6.45) is 1.88. The van der Waals surface area contributed by atoms with Crippen molar-refractivity contribution in [3.8, 4) is 0 Å². The Kier molecular flexibility index (Phi) is 2.72. The van der Waals surface area contributed by atoms with Gasteiger partial charge in [0.05, 0.1) is 0 Å². The highest BCUT2D eigenvalue weighted by Gasteiger charge is 2.28. The molecule has 1 aromatic rings. The van der Waals surface area contributed by atoms with Gasteiger partial charge >= 0.3 is 4.83 Å². The monoisotopic (exact) mass is 236 g/mol. The van der Waals surface area contributed by atoms with Gasteiger partial charge in [0.1, 0.15) is 11.5 Å². The fourth-order valence-corrected chi connectivity index (χ4v) is 0.948. The van der Waals surface area contributed by atoms with Gasteiger partial charge in [0.2, 0.25) is 0 Å². The lowest BCUT2D eigenvalue weighted by Crippen LogP contribution is -2.08. The molecule has 0 amide bonds. The van der Waals surface area contributed by atoms with Crippen LogP contribution in [0.15, 0.2) is 12.3 Å². The van der Waals surface area contributed by atoms with E-state index in [-0.39, 0.29) is 5.69 Å². The smallest absolute Gasteiger partial charge is 0.241 e. The second kappa shape index (κ2) is 3.43. The Morgan fingerprint density at radius 1 is 1.58 bits per heavy atom. The highest BCUT2D eigenvalue weighted by molar-refractivity contribution is 9.09. The molecule has 5 heteroatoms. The molecule has 0 radical (unpaired) electrons. The third-order valence-electron chi connectivity index (χ3n) is 1.31. The molecule has 0 unspecified atom stereocenters. The lowest BCUT2D eigenvalue weighted by Gasteiger charge is -2.07. The molecule has 12 heavy (non-hydrogen) atoms. The third-order valence-corrected chi connectivity index (χ3v) is 1.72. The first-order valence-electron chi connectivity index (χ1n) is 3.43. The van der Waals surface area contributed by atoms with Crippen molar-refractivity contribution in [2.75, 3.05) is 0 Å². The van der Waals surface area contributed by atoms with E-state index in [2.05, 4.69) is 25.9 Å². The maximum absolute atomic E-state index is 12.6. The van der Waals surface area contributed by atoms with Gasteiger partial charge in [-0.3, -0.25) is 0 Å². The van der Waals surface area contributed by atoms with Gasteiger partial charge < -0.3 is 0 Å². The van der Waals surface area contributed by atoms with E-state index in [4.69, 9.17) is 0 Å². The first-order valence-corrected chi connectivity index (χ1v) is 4.22. The van der Waals surface area contributed by atoms with Crippen LogP contribution in [0.25, 0.3) is 0 Å². The molecule has 0 aliphatic carbocycles. The molecule has 0 aliphatic rings. The Morgan fingerprint density at radius 2 is 2.25 bits per heavy atom. The summed E-state index contributed by atoms with van der Waals surface area (Å²) in [4.78, 5) is 4.40. The molecule has 0 fully saturated rings. The molecule has 1 heterocycles.